The zero-order chi connectivity index (χ0) is 19.7. The van der Waals surface area contributed by atoms with Crippen molar-refractivity contribution in [2.75, 3.05) is 13.1 Å². The van der Waals surface area contributed by atoms with Gasteiger partial charge in [0.1, 0.15) is 0 Å². The van der Waals surface area contributed by atoms with Gasteiger partial charge >= 0.3 is 5.97 Å². The minimum atomic E-state index is -0.909. The van der Waals surface area contributed by atoms with Crippen LogP contribution in [0.3, 0.4) is 0 Å². The second-order valence-electron chi connectivity index (χ2n) is 7.13. The van der Waals surface area contributed by atoms with E-state index in [1.54, 1.807) is 12.1 Å². The number of carbonyl (C=O) groups excluding carboxylic acids is 1. The van der Waals surface area contributed by atoms with Gasteiger partial charge in [-0.15, -0.1) is 0 Å². The van der Waals surface area contributed by atoms with Crippen LogP contribution in [0.2, 0.25) is 0 Å². The SMILES string of the molecule is O=C(O)c1ccc(C2CCN(C(=O)c3cccc4c(Br)cccc34)CC2)cc1. The van der Waals surface area contributed by atoms with Crippen molar-refractivity contribution in [1.29, 1.82) is 0 Å². The van der Waals surface area contributed by atoms with Crippen molar-refractivity contribution >= 4 is 38.6 Å². The van der Waals surface area contributed by atoms with Crippen molar-refractivity contribution in [1.82, 2.24) is 4.90 Å². The van der Waals surface area contributed by atoms with Gasteiger partial charge in [0.2, 0.25) is 0 Å². The zero-order valence-electron chi connectivity index (χ0n) is 15.3. The molecule has 1 N–H and O–H groups in total. The van der Waals surface area contributed by atoms with Gasteiger partial charge in [-0.2, -0.15) is 0 Å². The van der Waals surface area contributed by atoms with Crippen LogP contribution < -0.4 is 0 Å². The first kappa shape index (κ1) is 18.7. The number of benzene rings is 3. The zero-order valence-corrected chi connectivity index (χ0v) is 16.9. The Balaban J connectivity index is 1.49. The van der Waals surface area contributed by atoms with Gasteiger partial charge in [0, 0.05) is 23.1 Å². The minimum absolute atomic E-state index is 0.0726. The first-order valence-corrected chi connectivity index (χ1v) is 10.1. The molecule has 0 bridgehead atoms. The summed E-state index contributed by atoms with van der Waals surface area (Å²) >= 11 is 3.56. The average molecular weight is 438 g/mol. The van der Waals surface area contributed by atoms with E-state index in [1.807, 2.05) is 53.4 Å². The number of aromatic carboxylic acids is 1. The van der Waals surface area contributed by atoms with E-state index in [0.717, 1.165) is 39.2 Å². The van der Waals surface area contributed by atoms with Crippen LogP contribution in [0.5, 0.6) is 0 Å². The number of piperidine rings is 1. The molecule has 0 saturated carbocycles. The third kappa shape index (κ3) is 3.54. The molecule has 3 aromatic carbocycles. The Morgan fingerprint density at radius 2 is 1.54 bits per heavy atom. The summed E-state index contributed by atoms with van der Waals surface area (Å²) in [7, 11) is 0. The number of rotatable bonds is 3. The molecule has 0 radical (unpaired) electrons. The number of hydrogen-bond donors (Lipinski definition) is 1. The fraction of sp³-hybridized carbons (Fsp3) is 0.217. The summed E-state index contributed by atoms with van der Waals surface area (Å²) in [6.07, 6.45) is 1.76. The van der Waals surface area contributed by atoms with E-state index in [2.05, 4.69) is 15.9 Å². The maximum Gasteiger partial charge on any atom is 0.335 e. The quantitative estimate of drug-likeness (QED) is 0.602. The van der Waals surface area contributed by atoms with Crippen molar-refractivity contribution < 1.29 is 14.7 Å². The normalized spacial score (nSPS) is 15.0. The molecule has 4 rings (SSSR count). The molecule has 142 valence electrons. The van der Waals surface area contributed by atoms with Crippen molar-refractivity contribution in [3.63, 3.8) is 0 Å². The first-order chi connectivity index (χ1) is 13.5. The molecule has 1 amide bonds. The number of halogens is 1. The molecule has 1 fully saturated rings. The maximum atomic E-state index is 13.1. The van der Waals surface area contributed by atoms with E-state index in [-0.39, 0.29) is 5.91 Å². The highest BCUT2D eigenvalue weighted by Gasteiger charge is 2.25. The number of carboxylic acid groups (broad SMARTS) is 1. The molecule has 1 heterocycles. The third-order valence-electron chi connectivity index (χ3n) is 5.51. The second-order valence-corrected chi connectivity index (χ2v) is 7.99. The molecular weight excluding hydrogens is 418 g/mol. The molecular formula is C23H20BrNO3. The Morgan fingerprint density at radius 3 is 2.21 bits per heavy atom. The van der Waals surface area contributed by atoms with Gasteiger partial charge in [0.15, 0.2) is 0 Å². The van der Waals surface area contributed by atoms with E-state index in [9.17, 15) is 9.59 Å². The van der Waals surface area contributed by atoms with E-state index in [4.69, 9.17) is 5.11 Å². The lowest BCUT2D eigenvalue weighted by Gasteiger charge is -2.32. The predicted molar refractivity (Wildman–Crippen MR) is 113 cm³/mol. The van der Waals surface area contributed by atoms with Crippen molar-refractivity contribution in [2.45, 2.75) is 18.8 Å². The molecule has 4 nitrogen and oxygen atoms in total. The lowest BCUT2D eigenvalue weighted by molar-refractivity contribution is 0.0692. The molecule has 0 unspecified atom stereocenters. The summed E-state index contributed by atoms with van der Waals surface area (Å²) in [6.45, 7) is 1.41. The summed E-state index contributed by atoms with van der Waals surface area (Å²) in [5, 5.41) is 11.0. The van der Waals surface area contributed by atoms with Crippen LogP contribution in [-0.2, 0) is 0 Å². The smallest absolute Gasteiger partial charge is 0.335 e. The fourth-order valence-corrected chi connectivity index (χ4v) is 4.44. The Labute approximate surface area is 171 Å². The van der Waals surface area contributed by atoms with Crippen molar-refractivity contribution in [2.24, 2.45) is 0 Å². The molecule has 1 aliphatic rings. The number of fused-ring (bicyclic) bond motifs is 1. The van der Waals surface area contributed by atoms with Crippen molar-refractivity contribution in [3.8, 4) is 0 Å². The van der Waals surface area contributed by atoms with Crippen LogP contribution in [0.15, 0.2) is 65.1 Å². The number of likely N-dealkylation sites (tertiary alicyclic amines) is 1. The van der Waals surface area contributed by atoms with Crippen LogP contribution in [-0.4, -0.2) is 35.0 Å². The van der Waals surface area contributed by atoms with Crippen LogP contribution in [0, 0.1) is 0 Å². The maximum absolute atomic E-state index is 13.1. The van der Waals surface area contributed by atoms with Gasteiger partial charge in [-0.1, -0.05) is 52.3 Å². The summed E-state index contributed by atoms with van der Waals surface area (Å²) in [6, 6.07) is 18.9. The fourth-order valence-electron chi connectivity index (χ4n) is 3.94. The standard InChI is InChI=1S/C23H20BrNO3/c24-21-6-2-3-18-19(21)4-1-5-20(18)22(26)25-13-11-16(12-14-25)15-7-9-17(10-8-15)23(27)28/h1-10,16H,11-14H2,(H,27,28). The molecule has 5 heteroatoms. The Morgan fingerprint density at radius 1 is 0.893 bits per heavy atom. The average Bonchev–Trinajstić information content (AvgIpc) is 2.73. The van der Waals surface area contributed by atoms with E-state index in [0.29, 0.717) is 24.6 Å². The lowest BCUT2D eigenvalue weighted by Crippen LogP contribution is -2.38. The van der Waals surface area contributed by atoms with E-state index < -0.39 is 5.97 Å². The highest BCUT2D eigenvalue weighted by Crippen LogP contribution is 2.31. The largest absolute Gasteiger partial charge is 0.478 e. The summed E-state index contributed by atoms with van der Waals surface area (Å²) in [4.78, 5) is 26.1. The van der Waals surface area contributed by atoms with Gasteiger partial charge in [0.05, 0.1) is 5.56 Å². The van der Waals surface area contributed by atoms with Gasteiger partial charge < -0.3 is 10.0 Å². The monoisotopic (exact) mass is 437 g/mol. The van der Waals surface area contributed by atoms with Crippen LogP contribution in [0.25, 0.3) is 10.8 Å². The number of carboxylic acids is 1. The highest BCUT2D eigenvalue weighted by molar-refractivity contribution is 9.10. The second kappa shape index (κ2) is 7.76. The van der Waals surface area contributed by atoms with Gasteiger partial charge in [-0.25, -0.2) is 4.79 Å². The topological polar surface area (TPSA) is 57.6 Å². The van der Waals surface area contributed by atoms with Crippen LogP contribution >= 0.6 is 15.9 Å². The van der Waals surface area contributed by atoms with E-state index >= 15 is 0 Å². The van der Waals surface area contributed by atoms with Crippen molar-refractivity contribution in [3.05, 3.63) is 81.8 Å². The van der Waals surface area contributed by atoms with Gasteiger partial charge in [-0.05, 0) is 59.4 Å². The van der Waals surface area contributed by atoms with Crippen LogP contribution in [0.4, 0.5) is 0 Å². The molecule has 1 aliphatic heterocycles. The minimum Gasteiger partial charge on any atom is -0.478 e. The lowest BCUT2D eigenvalue weighted by atomic mass is 9.88. The molecule has 1 saturated heterocycles. The molecule has 0 aromatic heterocycles. The third-order valence-corrected chi connectivity index (χ3v) is 6.20. The summed E-state index contributed by atoms with van der Waals surface area (Å²) < 4.78 is 0.989. The molecule has 0 aliphatic carbocycles. The number of hydrogen-bond acceptors (Lipinski definition) is 2. The molecule has 0 atom stereocenters. The van der Waals surface area contributed by atoms with E-state index in [1.165, 1.54) is 0 Å². The summed E-state index contributed by atoms with van der Waals surface area (Å²) in [5.74, 6) is -0.481. The predicted octanol–water partition coefficient (Wildman–Crippen LogP) is 5.32. The first-order valence-electron chi connectivity index (χ1n) is 9.34. The molecule has 28 heavy (non-hydrogen) atoms. The Bertz CT molecular complexity index is 1040. The molecule has 3 aromatic rings. The molecule has 0 spiro atoms. The number of carbonyl (C=O) groups is 2. The number of nitrogens with zero attached hydrogens (tertiary/aromatic N) is 1. The van der Waals surface area contributed by atoms with Crippen LogP contribution in [0.1, 0.15) is 45.0 Å². The Hall–Kier alpha value is -2.66. The highest BCUT2D eigenvalue weighted by atomic mass is 79.9. The van der Waals surface area contributed by atoms with Gasteiger partial charge in [-0.3, -0.25) is 4.79 Å². The summed E-state index contributed by atoms with van der Waals surface area (Å²) in [5.41, 5.74) is 2.19. The van der Waals surface area contributed by atoms with Gasteiger partial charge in [0.25, 0.3) is 5.91 Å². The number of amides is 1. The Kier molecular flexibility index (Phi) is 5.18.